The highest BCUT2D eigenvalue weighted by Crippen LogP contribution is 2.32. The first-order chi connectivity index (χ1) is 17.5. The van der Waals surface area contributed by atoms with Gasteiger partial charge in [0.15, 0.2) is 5.76 Å². The number of thiophene rings is 1. The van der Waals surface area contributed by atoms with Crippen molar-refractivity contribution in [3.05, 3.63) is 70.4 Å². The highest BCUT2D eigenvalue weighted by molar-refractivity contribution is 7.10. The lowest BCUT2D eigenvalue weighted by molar-refractivity contribution is -0.127. The number of tetrazole rings is 1. The maximum Gasteiger partial charge on any atom is 0.251 e. The van der Waals surface area contributed by atoms with Crippen molar-refractivity contribution in [2.75, 3.05) is 4.90 Å². The predicted molar refractivity (Wildman–Crippen MR) is 132 cm³/mol. The van der Waals surface area contributed by atoms with E-state index >= 15 is 0 Å². The minimum atomic E-state index is -0.976. The van der Waals surface area contributed by atoms with Crippen LogP contribution in [0.3, 0.4) is 0 Å². The Labute approximate surface area is 210 Å². The molecular weight excluding hydrogens is 483 g/mol. The summed E-state index contributed by atoms with van der Waals surface area (Å²) in [7, 11) is 0. The number of hydrogen-bond acceptors (Lipinski definition) is 7. The molecule has 3 heterocycles. The highest BCUT2D eigenvalue weighted by Gasteiger charge is 2.35. The van der Waals surface area contributed by atoms with Crippen LogP contribution < -0.4 is 10.2 Å². The van der Waals surface area contributed by atoms with Crippen molar-refractivity contribution in [2.24, 2.45) is 0 Å². The number of aryl methyl sites for hydroxylation is 1. The van der Waals surface area contributed by atoms with Crippen LogP contribution in [0.4, 0.5) is 10.1 Å². The van der Waals surface area contributed by atoms with Crippen LogP contribution in [0.1, 0.15) is 42.4 Å². The number of nitrogens with one attached hydrogen (secondary N) is 1. The Bertz CT molecular complexity index is 1350. The summed E-state index contributed by atoms with van der Waals surface area (Å²) in [5.74, 6) is 0.0607. The zero-order chi connectivity index (χ0) is 25.1. The largest absolute Gasteiger partial charge is 0.458 e. The van der Waals surface area contributed by atoms with Crippen LogP contribution in [0.15, 0.2) is 58.3 Å². The molecule has 0 spiro atoms. The van der Waals surface area contributed by atoms with Crippen molar-refractivity contribution in [1.82, 2.24) is 25.5 Å². The number of aromatic nitrogens is 4. The van der Waals surface area contributed by atoms with Crippen molar-refractivity contribution < 1.29 is 18.4 Å². The fraction of sp³-hybridized carbons (Fsp3) is 0.320. The molecule has 0 aliphatic heterocycles. The van der Waals surface area contributed by atoms with Gasteiger partial charge in [-0.25, -0.2) is 4.39 Å². The summed E-state index contributed by atoms with van der Waals surface area (Å²) in [5.41, 5.74) is 0.266. The lowest BCUT2D eigenvalue weighted by atomic mass is 10.1. The predicted octanol–water partition coefficient (Wildman–Crippen LogP) is 4.28. The van der Waals surface area contributed by atoms with Crippen LogP contribution in [0.25, 0.3) is 11.6 Å². The van der Waals surface area contributed by atoms with Gasteiger partial charge in [-0.05, 0) is 66.8 Å². The standard InChI is InChI=1S/C25H25FN6O3S/c1-16-11-12-20(35-16)24-28-30-31(29-24)15-22(33)32(19-9-4-6-17(26)14-19)23(21-10-5-13-36-21)25(34)27-18-7-2-3-8-18/h4-6,9-14,18,23H,2-3,7-8,15H2,1H3,(H,27,34)/t23-/m1/s1. The van der Waals surface area contributed by atoms with E-state index in [9.17, 15) is 14.0 Å². The number of hydrogen-bond donors (Lipinski definition) is 1. The minimum absolute atomic E-state index is 0.0562. The lowest BCUT2D eigenvalue weighted by Gasteiger charge is -2.31. The van der Waals surface area contributed by atoms with Crippen molar-refractivity contribution in [3.63, 3.8) is 0 Å². The molecule has 1 saturated carbocycles. The third kappa shape index (κ3) is 5.20. The summed E-state index contributed by atoms with van der Waals surface area (Å²) in [5, 5.41) is 17.2. The first kappa shape index (κ1) is 23.9. The van der Waals surface area contributed by atoms with E-state index in [1.54, 1.807) is 31.2 Å². The van der Waals surface area contributed by atoms with Gasteiger partial charge in [-0.2, -0.15) is 4.80 Å². The van der Waals surface area contributed by atoms with Crippen molar-refractivity contribution in [3.8, 4) is 11.6 Å². The van der Waals surface area contributed by atoms with E-state index in [0.717, 1.165) is 30.5 Å². The number of carbonyl (C=O) groups is 2. The molecule has 2 amide bonds. The summed E-state index contributed by atoms with van der Waals surface area (Å²) in [6.45, 7) is 1.50. The molecule has 1 aliphatic rings. The normalized spacial score (nSPS) is 14.6. The number of carbonyl (C=O) groups excluding carboxylic acids is 2. The molecule has 1 aliphatic carbocycles. The van der Waals surface area contributed by atoms with Gasteiger partial charge in [0.1, 0.15) is 24.2 Å². The van der Waals surface area contributed by atoms with Gasteiger partial charge >= 0.3 is 0 Å². The molecule has 0 radical (unpaired) electrons. The molecule has 1 fully saturated rings. The van der Waals surface area contributed by atoms with Gasteiger partial charge in [0, 0.05) is 16.6 Å². The fourth-order valence-corrected chi connectivity index (χ4v) is 5.21. The average Bonchev–Trinajstić information content (AvgIpc) is 3.65. The smallest absolute Gasteiger partial charge is 0.251 e. The van der Waals surface area contributed by atoms with Crippen LogP contribution in [0.2, 0.25) is 0 Å². The zero-order valence-electron chi connectivity index (χ0n) is 19.6. The van der Waals surface area contributed by atoms with Crippen molar-refractivity contribution in [1.29, 1.82) is 0 Å². The van der Waals surface area contributed by atoms with E-state index in [0.29, 0.717) is 16.4 Å². The molecule has 0 saturated heterocycles. The molecule has 1 atom stereocenters. The van der Waals surface area contributed by atoms with Crippen molar-refractivity contribution >= 4 is 28.8 Å². The third-order valence-corrected chi connectivity index (χ3v) is 6.99. The first-order valence-corrected chi connectivity index (χ1v) is 12.6. The van der Waals surface area contributed by atoms with Gasteiger partial charge in [-0.1, -0.05) is 25.0 Å². The number of rotatable bonds is 8. The van der Waals surface area contributed by atoms with E-state index in [4.69, 9.17) is 4.42 Å². The van der Waals surface area contributed by atoms with Crippen LogP contribution in [0.5, 0.6) is 0 Å². The van der Waals surface area contributed by atoms with Crippen LogP contribution >= 0.6 is 11.3 Å². The molecule has 0 unspecified atom stereocenters. The lowest BCUT2D eigenvalue weighted by Crippen LogP contribution is -2.47. The molecule has 1 N–H and O–H groups in total. The Morgan fingerprint density at radius 2 is 2.06 bits per heavy atom. The Kier molecular flexibility index (Phi) is 6.90. The average molecular weight is 509 g/mol. The van der Waals surface area contributed by atoms with Gasteiger partial charge in [0.25, 0.3) is 5.91 Å². The molecule has 186 valence electrons. The van der Waals surface area contributed by atoms with E-state index in [2.05, 4.69) is 20.7 Å². The third-order valence-electron chi connectivity index (χ3n) is 6.07. The Balaban J connectivity index is 1.47. The first-order valence-electron chi connectivity index (χ1n) is 11.7. The van der Waals surface area contributed by atoms with Gasteiger partial charge in [0.2, 0.25) is 11.7 Å². The molecular formula is C25H25FN6O3S. The van der Waals surface area contributed by atoms with Gasteiger partial charge in [0.05, 0.1) is 0 Å². The monoisotopic (exact) mass is 508 g/mol. The van der Waals surface area contributed by atoms with Crippen LogP contribution in [0, 0.1) is 12.7 Å². The second-order valence-electron chi connectivity index (χ2n) is 8.71. The number of nitrogens with zero attached hydrogens (tertiary/aromatic N) is 5. The maximum atomic E-state index is 14.3. The number of anilines is 1. The topological polar surface area (TPSA) is 106 Å². The molecule has 0 bridgehead atoms. The summed E-state index contributed by atoms with van der Waals surface area (Å²) < 4.78 is 19.8. The summed E-state index contributed by atoms with van der Waals surface area (Å²) in [6, 6.07) is 11.9. The van der Waals surface area contributed by atoms with E-state index in [1.807, 2.05) is 11.4 Å². The van der Waals surface area contributed by atoms with Gasteiger partial charge in [-0.15, -0.1) is 21.5 Å². The molecule has 5 rings (SSSR count). The molecule has 4 aromatic rings. The van der Waals surface area contributed by atoms with Crippen LogP contribution in [-0.4, -0.2) is 38.1 Å². The molecule has 9 nitrogen and oxygen atoms in total. The second-order valence-corrected chi connectivity index (χ2v) is 9.68. The fourth-order valence-electron chi connectivity index (χ4n) is 4.39. The van der Waals surface area contributed by atoms with E-state index in [-0.39, 0.29) is 30.0 Å². The quantitative estimate of drug-likeness (QED) is 0.381. The maximum absolute atomic E-state index is 14.3. The Morgan fingerprint density at radius 3 is 2.75 bits per heavy atom. The second kappa shape index (κ2) is 10.4. The Morgan fingerprint density at radius 1 is 1.22 bits per heavy atom. The summed E-state index contributed by atoms with van der Waals surface area (Å²) in [6.07, 6.45) is 3.90. The summed E-state index contributed by atoms with van der Waals surface area (Å²) in [4.78, 5) is 30.4. The number of halogens is 1. The number of amides is 2. The molecule has 36 heavy (non-hydrogen) atoms. The summed E-state index contributed by atoms with van der Waals surface area (Å²) >= 11 is 1.36. The van der Waals surface area contributed by atoms with Crippen molar-refractivity contribution in [2.45, 2.75) is 51.2 Å². The van der Waals surface area contributed by atoms with E-state index in [1.165, 1.54) is 34.4 Å². The minimum Gasteiger partial charge on any atom is -0.458 e. The number of benzene rings is 1. The highest BCUT2D eigenvalue weighted by atomic mass is 32.1. The van der Waals surface area contributed by atoms with Gasteiger partial charge < -0.3 is 9.73 Å². The zero-order valence-corrected chi connectivity index (χ0v) is 20.4. The van der Waals surface area contributed by atoms with Crippen LogP contribution in [-0.2, 0) is 16.1 Å². The molecule has 1 aromatic carbocycles. The van der Waals surface area contributed by atoms with Gasteiger partial charge in [-0.3, -0.25) is 14.5 Å². The SMILES string of the molecule is Cc1ccc(-c2nnn(CC(=O)N(c3cccc(F)c3)[C@@H](C(=O)NC3CCCC3)c3cccs3)n2)o1. The van der Waals surface area contributed by atoms with E-state index < -0.39 is 17.8 Å². The number of furan rings is 1. The Hall–Kier alpha value is -3.86. The molecule has 3 aromatic heterocycles. The molecule has 11 heteroatoms.